The molecule has 30 heavy (non-hydrogen) atoms. The zero-order valence-corrected chi connectivity index (χ0v) is 17.6. The zero-order valence-electron chi connectivity index (χ0n) is 16.8. The standard InChI is InChI=1S/C21H27N3O5S/c22-16-9-12-24(13-16)30(27,28)19-8-4-7-18-17(19)10-11-23(20(18)25)14-29-21(26)15-5-2-1-3-6-15/h4,7-8,10-11,15-16H,1-3,5-6,9,12-14,22H2/t16-/m1/s1. The fourth-order valence-corrected chi connectivity index (χ4v) is 6.03. The molecule has 2 heterocycles. The molecule has 1 aromatic heterocycles. The van der Waals surface area contributed by atoms with Gasteiger partial charge < -0.3 is 10.5 Å². The number of nitrogens with zero attached hydrogens (tertiary/aromatic N) is 2. The van der Waals surface area contributed by atoms with Crippen LogP contribution in [0.4, 0.5) is 0 Å². The minimum absolute atomic E-state index is 0.0950. The van der Waals surface area contributed by atoms with Gasteiger partial charge in [0.05, 0.1) is 10.8 Å². The number of carbonyl (C=O) groups is 1. The Morgan fingerprint density at radius 1 is 1.10 bits per heavy atom. The molecule has 1 aliphatic carbocycles. The zero-order chi connectivity index (χ0) is 21.3. The van der Waals surface area contributed by atoms with Crippen LogP contribution in [0, 0.1) is 5.92 Å². The van der Waals surface area contributed by atoms with Crippen LogP contribution in [-0.4, -0.2) is 42.4 Å². The summed E-state index contributed by atoms with van der Waals surface area (Å²) in [7, 11) is -3.75. The second kappa shape index (κ2) is 8.49. The van der Waals surface area contributed by atoms with Crippen molar-refractivity contribution in [3.05, 3.63) is 40.8 Å². The summed E-state index contributed by atoms with van der Waals surface area (Å²) >= 11 is 0. The molecule has 4 rings (SSSR count). The lowest BCUT2D eigenvalue weighted by Crippen LogP contribution is -2.32. The predicted molar refractivity (Wildman–Crippen MR) is 112 cm³/mol. The SMILES string of the molecule is N[C@@H]1CCN(S(=O)(=O)c2cccc3c(=O)n(COC(=O)C4CCCCC4)ccc23)C1. The van der Waals surface area contributed by atoms with Crippen LogP contribution in [0.5, 0.6) is 0 Å². The molecule has 0 spiro atoms. The van der Waals surface area contributed by atoms with Gasteiger partial charge in [0.15, 0.2) is 6.73 Å². The summed E-state index contributed by atoms with van der Waals surface area (Å²) in [6.07, 6.45) is 6.93. The molecule has 1 saturated heterocycles. The molecule has 2 aromatic rings. The summed E-state index contributed by atoms with van der Waals surface area (Å²) < 4.78 is 34.2. The van der Waals surface area contributed by atoms with Crippen LogP contribution in [0.2, 0.25) is 0 Å². The minimum atomic E-state index is -3.75. The Bertz CT molecular complexity index is 1110. The molecule has 0 unspecified atom stereocenters. The topological polar surface area (TPSA) is 112 Å². The van der Waals surface area contributed by atoms with Gasteiger partial charge in [-0.25, -0.2) is 8.42 Å². The second-order valence-electron chi connectivity index (χ2n) is 8.15. The number of benzene rings is 1. The molecule has 1 atom stereocenters. The molecule has 8 nitrogen and oxygen atoms in total. The van der Waals surface area contributed by atoms with E-state index in [0.29, 0.717) is 18.4 Å². The molecule has 1 aromatic carbocycles. The van der Waals surface area contributed by atoms with Crippen molar-refractivity contribution in [3.8, 4) is 0 Å². The van der Waals surface area contributed by atoms with E-state index in [4.69, 9.17) is 10.5 Å². The van der Waals surface area contributed by atoms with E-state index in [1.165, 1.54) is 21.1 Å². The molecule has 0 radical (unpaired) electrons. The number of esters is 1. The Balaban J connectivity index is 1.59. The van der Waals surface area contributed by atoms with Crippen LogP contribution in [0.25, 0.3) is 10.8 Å². The van der Waals surface area contributed by atoms with Crippen molar-refractivity contribution in [2.75, 3.05) is 13.1 Å². The summed E-state index contributed by atoms with van der Waals surface area (Å²) in [5, 5.41) is 0.633. The first-order valence-corrected chi connectivity index (χ1v) is 11.9. The van der Waals surface area contributed by atoms with Crippen LogP contribution >= 0.6 is 0 Å². The van der Waals surface area contributed by atoms with Crippen molar-refractivity contribution in [1.82, 2.24) is 8.87 Å². The van der Waals surface area contributed by atoms with Gasteiger partial charge >= 0.3 is 5.97 Å². The third-order valence-corrected chi connectivity index (χ3v) is 7.99. The molecule has 0 amide bonds. The van der Waals surface area contributed by atoms with Crippen LogP contribution in [0.15, 0.2) is 40.2 Å². The van der Waals surface area contributed by atoms with E-state index in [1.807, 2.05) is 0 Å². The largest absolute Gasteiger partial charge is 0.444 e. The van der Waals surface area contributed by atoms with Gasteiger partial charge in [-0.15, -0.1) is 0 Å². The highest BCUT2D eigenvalue weighted by Crippen LogP contribution is 2.27. The molecule has 162 valence electrons. The highest BCUT2D eigenvalue weighted by atomic mass is 32.2. The van der Waals surface area contributed by atoms with Gasteiger partial charge in [-0.05, 0) is 37.5 Å². The average Bonchev–Trinajstić information content (AvgIpc) is 3.20. The average molecular weight is 434 g/mol. The maximum absolute atomic E-state index is 13.1. The normalized spacial score (nSPS) is 21.2. The van der Waals surface area contributed by atoms with E-state index in [0.717, 1.165) is 32.1 Å². The fourth-order valence-electron chi connectivity index (χ4n) is 4.32. The number of sulfonamides is 1. The Kier molecular flexibility index (Phi) is 5.95. The van der Waals surface area contributed by atoms with E-state index in [1.54, 1.807) is 18.2 Å². The first-order chi connectivity index (χ1) is 14.4. The van der Waals surface area contributed by atoms with Gasteiger partial charge in [0, 0.05) is 36.1 Å². The van der Waals surface area contributed by atoms with Gasteiger partial charge in [0.2, 0.25) is 10.0 Å². The van der Waals surface area contributed by atoms with E-state index in [2.05, 4.69) is 0 Å². The monoisotopic (exact) mass is 433 g/mol. The minimum Gasteiger partial charge on any atom is -0.444 e. The molecular formula is C21H27N3O5S. The molecule has 0 bridgehead atoms. The van der Waals surface area contributed by atoms with Gasteiger partial charge in [-0.2, -0.15) is 4.31 Å². The summed E-state index contributed by atoms with van der Waals surface area (Å²) in [5.74, 6) is -0.373. The highest BCUT2D eigenvalue weighted by Gasteiger charge is 2.32. The van der Waals surface area contributed by atoms with Gasteiger partial charge in [0.25, 0.3) is 5.56 Å². The summed E-state index contributed by atoms with van der Waals surface area (Å²) in [4.78, 5) is 25.3. The molecule has 1 saturated carbocycles. The van der Waals surface area contributed by atoms with Crippen molar-refractivity contribution in [3.63, 3.8) is 0 Å². The number of rotatable bonds is 5. The van der Waals surface area contributed by atoms with Crippen molar-refractivity contribution in [2.24, 2.45) is 11.7 Å². The first-order valence-electron chi connectivity index (χ1n) is 10.4. The number of hydrogen-bond donors (Lipinski definition) is 1. The fraction of sp³-hybridized carbons (Fsp3) is 0.524. The van der Waals surface area contributed by atoms with Crippen molar-refractivity contribution in [2.45, 2.75) is 56.2 Å². The second-order valence-corrected chi connectivity index (χ2v) is 10.1. The number of nitrogens with two attached hydrogens (primary N) is 1. The van der Waals surface area contributed by atoms with E-state index < -0.39 is 10.0 Å². The summed E-state index contributed by atoms with van der Waals surface area (Å²) in [6, 6.07) is 6.07. The van der Waals surface area contributed by atoms with Crippen LogP contribution in [0.3, 0.4) is 0 Å². The van der Waals surface area contributed by atoms with E-state index >= 15 is 0 Å². The summed E-state index contributed by atoms with van der Waals surface area (Å²) in [5.41, 5.74) is 5.48. The number of hydrogen-bond acceptors (Lipinski definition) is 6. The van der Waals surface area contributed by atoms with Crippen LogP contribution in [-0.2, 0) is 26.3 Å². The number of ether oxygens (including phenoxy) is 1. The highest BCUT2D eigenvalue weighted by molar-refractivity contribution is 7.89. The maximum Gasteiger partial charge on any atom is 0.310 e. The number of fused-ring (bicyclic) bond motifs is 1. The molecular weight excluding hydrogens is 406 g/mol. The Hall–Kier alpha value is -2.23. The lowest BCUT2D eigenvalue weighted by molar-refractivity contribution is -0.153. The lowest BCUT2D eigenvalue weighted by Gasteiger charge is -2.20. The lowest BCUT2D eigenvalue weighted by atomic mass is 9.89. The number of aromatic nitrogens is 1. The third-order valence-electron chi connectivity index (χ3n) is 6.07. The summed E-state index contributed by atoms with van der Waals surface area (Å²) in [6.45, 7) is 0.461. The van der Waals surface area contributed by atoms with Crippen molar-refractivity contribution >= 4 is 26.8 Å². The first kappa shape index (κ1) is 21.0. The van der Waals surface area contributed by atoms with E-state index in [-0.39, 0.29) is 47.0 Å². The maximum atomic E-state index is 13.1. The Labute approximate surface area is 175 Å². The van der Waals surface area contributed by atoms with Crippen molar-refractivity contribution < 1.29 is 17.9 Å². The number of pyridine rings is 1. The third kappa shape index (κ3) is 4.01. The molecule has 2 N–H and O–H groups in total. The van der Waals surface area contributed by atoms with Gasteiger partial charge in [0.1, 0.15) is 0 Å². The molecule has 2 fully saturated rings. The predicted octanol–water partition coefficient (Wildman–Crippen LogP) is 1.80. The van der Waals surface area contributed by atoms with E-state index in [9.17, 15) is 18.0 Å². The number of carbonyl (C=O) groups excluding carboxylic acids is 1. The molecule has 1 aliphatic heterocycles. The van der Waals surface area contributed by atoms with Gasteiger partial charge in [-0.1, -0.05) is 25.3 Å². The van der Waals surface area contributed by atoms with Crippen molar-refractivity contribution in [1.29, 1.82) is 0 Å². The quantitative estimate of drug-likeness (QED) is 0.720. The van der Waals surface area contributed by atoms with Crippen LogP contribution < -0.4 is 11.3 Å². The molecule has 9 heteroatoms. The van der Waals surface area contributed by atoms with Crippen LogP contribution in [0.1, 0.15) is 38.5 Å². The smallest absolute Gasteiger partial charge is 0.310 e. The Morgan fingerprint density at radius 2 is 1.87 bits per heavy atom. The van der Waals surface area contributed by atoms with Gasteiger partial charge in [-0.3, -0.25) is 14.2 Å². The Morgan fingerprint density at radius 3 is 2.57 bits per heavy atom. The molecule has 2 aliphatic rings.